The Hall–Kier alpha value is -0.390. The molecule has 88 valence electrons. The lowest BCUT2D eigenvalue weighted by molar-refractivity contribution is 0.474. The van der Waals surface area contributed by atoms with Crippen LogP contribution in [0.25, 0.3) is 0 Å². The summed E-state index contributed by atoms with van der Waals surface area (Å²) < 4.78 is 21.0. The van der Waals surface area contributed by atoms with Crippen molar-refractivity contribution in [2.45, 2.75) is 0 Å². The van der Waals surface area contributed by atoms with E-state index in [2.05, 4.69) is 47.8 Å². The van der Waals surface area contributed by atoms with Crippen molar-refractivity contribution in [3.05, 3.63) is 55.6 Å². The molecule has 0 N–H and O–H groups in total. The molecule has 0 radical (unpaired) electrons. The van der Waals surface area contributed by atoms with Crippen LogP contribution < -0.4 is 4.74 Å². The fourth-order valence-corrected chi connectivity index (χ4v) is 2.64. The highest BCUT2D eigenvalue weighted by atomic mass is 79.9. The molecule has 0 aliphatic rings. The van der Waals surface area contributed by atoms with Crippen molar-refractivity contribution in [2.75, 3.05) is 0 Å². The first kappa shape index (κ1) is 13.1. The molecule has 0 fully saturated rings. The maximum atomic E-state index is 12.8. The molecule has 1 nitrogen and oxygen atoms in total. The first-order valence-electron chi connectivity index (χ1n) is 4.65. The van der Waals surface area contributed by atoms with Crippen LogP contribution in [0.3, 0.4) is 0 Å². The average molecular weight is 425 g/mol. The van der Waals surface area contributed by atoms with E-state index in [1.54, 1.807) is 12.1 Å². The SMILES string of the molecule is Fc1ccc(Oc2c(Br)ccc(Br)c2Br)cc1. The summed E-state index contributed by atoms with van der Waals surface area (Å²) in [6, 6.07) is 9.63. The van der Waals surface area contributed by atoms with Gasteiger partial charge in [-0.25, -0.2) is 4.39 Å². The molecule has 0 saturated heterocycles. The molecule has 0 atom stereocenters. The third-order valence-corrected chi connectivity index (χ3v) is 4.64. The Bertz CT molecular complexity index is 540. The summed E-state index contributed by atoms with van der Waals surface area (Å²) in [4.78, 5) is 0. The molecule has 0 spiro atoms. The fourth-order valence-electron chi connectivity index (χ4n) is 1.22. The standard InChI is InChI=1S/C12H6Br3FO/c13-9-5-6-10(14)12(11(9)15)17-8-3-1-7(16)2-4-8/h1-6H. The molecule has 0 saturated carbocycles. The quantitative estimate of drug-likeness (QED) is 0.545. The van der Waals surface area contributed by atoms with Crippen LogP contribution >= 0.6 is 47.8 Å². The van der Waals surface area contributed by atoms with Crippen LogP contribution in [0, 0.1) is 5.82 Å². The van der Waals surface area contributed by atoms with Crippen molar-refractivity contribution in [2.24, 2.45) is 0 Å². The lowest BCUT2D eigenvalue weighted by Gasteiger charge is -2.10. The molecule has 5 heteroatoms. The van der Waals surface area contributed by atoms with Gasteiger partial charge in [0.25, 0.3) is 0 Å². The van der Waals surface area contributed by atoms with Crippen LogP contribution in [0.4, 0.5) is 4.39 Å². The molecule has 2 aromatic carbocycles. The molecule has 2 aromatic rings. The van der Waals surface area contributed by atoms with E-state index < -0.39 is 0 Å². The minimum atomic E-state index is -0.287. The van der Waals surface area contributed by atoms with Crippen LogP contribution in [-0.4, -0.2) is 0 Å². The maximum Gasteiger partial charge on any atom is 0.156 e. The van der Waals surface area contributed by atoms with Gasteiger partial charge in [0.1, 0.15) is 11.6 Å². The molecule has 0 amide bonds. The van der Waals surface area contributed by atoms with E-state index in [1.807, 2.05) is 12.1 Å². The Morgan fingerprint density at radius 3 is 2.06 bits per heavy atom. The highest BCUT2D eigenvalue weighted by molar-refractivity contribution is 9.13. The van der Waals surface area contributed by atoms with Crippen molar-refractivity contribution >= 4 is 47.8 Å². The van der Waals surface area contributed by atoms with E-state index in [9.17, 15) is 4.39 Å². The minimum absolute atomic E-state index is 0.287. The number of hydrogen-bond acceptors (Lipinski definition) is 1. The van der Waals surface area contributed by atoms with Crippen molar-refractivity contribution < 1.29 is 9.13 Å². The van der Waals surface area contributed by atoms with Crippen LogP contribution in [0.15, 0.2) is 49.8 Å². The third kappa shape index (κ3) is 3.09. The van der Waals surface area contributed by atoms with Gasteiger partial charge in [-0.15, -0.1) is 0 Å². The van der Waals surface area contributed by atoms with Gasteiger partial charge in [0, 0.05) is 4.47 Å². The number of ether oxygens (including phenoxy) is 1. The second kappa shape index (κ2) is 5.50. The Morgan fingerprint density at radius 1 is 0.824 bits per heavy atom. The molecule has 2 rings (SSSR count). The van der Waals surface area contributed by atoms with E-state index in [4.69, 9.17) is 4.74 Å². The Kier molecular flexibility index (Phi) is 4.22. The van der Waals surface area contributed by atoms with Crippen LogP contribution in [0.1, 0.15) is 0 Å². The summed E-state index contributed by atoms with van der Waals surface area (Å²) in [5.41, 5.74) is 0. The second-order valence-corrected chi connectivity index (χ2v) is 5.73. The van der Waals surface area contributed by atoms with Crippen LogP contribution in [-0.2, 0) is 0 Å². The predicted octanol–water partition coefficient (Wildman–Crippen LogP) is 5.91. The first-order valence-corrected chi connectivity index (χ1v) is 7.03. The van der Waals surface area contributed by atoms with Gasteiger partial charge < -0.3 is 4.74 Å². The maximum absolute atomic E-state index is 12.8. The van der Waals surface area contributed by atoms with Gasteiger partial charge in [-0.05, 0) is 84.2 Å². The summed E-state index contributed by atoms with van der Waals surface area (Å²) >= 11 is 10.2. The van der Waals surface area contributed by atoms with Crippen molar-refractivity contribution in [1.29, 1.82) is 0 Å². The summed E-state index contributed by atoms with van der Waals surface area (Å²) in [5.74, 6) is 0.932. The Balaban J connectivity index is 2.36. The molecule has 0 unspecified atom stereocenters. The third-order valence-electron chi connectivity index (χ3n) is 2.04. The zero-order valence-electron chi connectivity index (χ0n) is 8.38. The fraction of sp³-hybridized carbons (Fsp3) is 0. The summed E-state index contributed by atoms with van der Waals surface area (Å²) in [6.07, 6.45) is 0. The molecule has 0 bridgehead atoms. The van der Waals surface area contributed by atoms with Gasteiger partial charge in [0.2, 0.25) is 0 Å². The van der Waals surface area contributed by atoms with Gasteiger partial charge in [-0.1, -0.05) is 0 Å². The average Bonchev–Trinajstić information content (AvgIpc) is 2.32. The zero-order valence-corrected chi connectivity index (χ0v) is 13.1. The second-order valence-electron chi connectivity index (χ2n) is 3.23. The Labute approximate surface area is 123 Å². The topological polar surface area (TPSA) is 9.23 Å². The molecule has 17 heavy (non-hydrogen) atoms. The highest BCUT2D eigenvalue weighted by Crippen LogP contribution is 2.40. The number of benzene rings is 2. The summed E-state index contributed by atoms with van der Waals surface area (Å²) in [5, 5.41) is 0. The number of rotatable bonds is 2. The summed E-state index contributed by atoms with van der Waals surface area (Å²) in [6.45, 7) is 0. The highest BCUT2D eigenvalue weighted by Gasteiger charge is 2.10. The molecule has 0 aliphatic carbocycles. The lowest BCUT2D eigenvalue weighted by atomic mass is 10.3. The molecular weight excluding hydrogens is 419 g/mol. The number of hydrogen-bond donors (Lipinski definition) is 0. The van der Waals surface area contributed by atoms with Crippen molar-refractivity contribution in [1.82, 2.24) is 0 Å². The monoisotopic (exact) mass is 422 g/mol. The number of halogens is 4. The van der Waals surface area contributed by atoms with Crippen molar-refractivity contribution in [3.8, 4) is 11.5 Å². The smallest absolute Gasteiger partial charge is 0.156 e. The molecule has 0 aliphatic heterocycles. The lowest BCUT2D eigenvalue weighted by Crippen LogP contribution is -1.88. The predicted molar refractivity (Wildman–Crippen MR) is 76.0 cm³/mol. The zero-order chi connectivity index (χ0) is 12.4. The van der Waals surface area contributed by atoms with E-state index >= 15 is 0 Å². The summed E-state index contributed by atoms with van der Waals surface area (Å²) in [7, 11) is 0. The van der Waals surface area contributed by atoms with Gasteiger partial charge in [0.05, 0.1) is 8.95 Å². The van der Waals surface area contributed by atoms with E-state index in [0.717, 1.165) is 13.4 Å². The van der Waals surface area contributed by atoms with Gasteiger partial charge in [-0.2, -0.15) is 0 Å². The van der Waals surface area contributed by atoms with E-state index in [1.165, 1.54) is 12.1 Å². The molecule has 0 aromatic heterocycles. The minimum Gasteiger partial charge on any atom is -0.455 e. The van der Waals surface area contributed by atoms with Crippen LogP contribution in [0.5, 0.6) is 11.5 Å². The normalized spacial score (nSPS) is 10.4. The van der Waals surface area contributed by atoms with Gasteiger partial charge in [-0.3, -0.25) is 0 Å². The van der Waals surface area contributed by atoms with Crippen molar-refractivity contribution in [3.63, 3.8) is 0 Å². The van der Waals surface area contributed by atoms with E-state index in [0.29, 0.717) is 11.5 Å². The first-order chi connectivity index (χ1) is 8.08. The molecule has 0 heterocycles. The largest absolute Gasteiger partial charge is 0.455 e. The van der Waals surface area contributed by atoms with Gasteiger partial charge >= 0.3 is 0 Å². The van der Waals surface area contributed by atoms with E-state index in [-0.39, 0.29) is 5.82 Å². The molecular formula is C12H6Br3FO. The Morgan fingerprint density at radius 2 is 1.41 bits per heavy atom. The van der Waals surface area contributed by atoms with Crippen LogP contribution in [0.2, 0.25) is 0 Å². The van der Waals surface area contributed by atoms with Gasteiger partial charge in [0.15, 0.2) is 5.75 Å².